The summed E-state index contributed by atoms with van der Waals surface area (Å²) >= 11 is 0. The number of aromatic nitrogens is 3. The van der Waals surface area contributed by atoms with Crippen molar-refractivity contribution in [3.63, 3.8) is 0 Å². The molecule has 0 fully saturated rings. The van der Waals surface area contributed by atoms with Gasteiger partial charge in [-0.2, -0.15) is 0 Å². The highest BCUT2D eigenvalue weighted by molar-refractivity contribution is 6.25. The van der Waals surface area contributed by atoms with Crippen LogP contribution in [-0.4, -0.2) is 14.1 Å². The Labute approximate surface area is 394 Å². The predicted molar refractivity (Wildman–Crippen MR) is 287 cm³/mol. The number of hydrogen-bond acceptors (Lipinski definition) is 1. The highest BCUT2D eigenvalue weighted by atomic mass is 15.0. The lowest BCUT2D eigenvalue weighted by Crippen LogP contribution is -2.03. The van der Waals surface area contributed by atoms with E-state index in [1.165, 1.54) is 98.7 Å². The summed E-state index contributed by atoms with van der Waals surface area (Å²) in [5, 5.41) is 11.5. The quantitative estimate of drug-likeness (QED) is 0.153. The average Bonchev–Trinajstić information content (AvgIpc) is 3.93. The molecule has 0 unspecified atom stereocenters. The Hall–Kier alpha value is -8.79. The summed E-state index contributed by atoms with van der Waals surface area (Å²) in [5.74, 6) is 0. The van der Waals surface area contributed by atoms with Gasteiger partial charge in [-0.15, -0.1) is 0 Å². The van der Waals surface area contributed by atoms with Crippen molar-refractivity contribution < 1.29 is 0 Å². The van der Waals surface area contributed by atoms with Gasteiger partial charge < -0.3 is 9.13 Å². The van der Waals surface area contributed by atoms with Crippen molar-refractivity contribution in [2.24, 2.45) is 0 Å². The van der Waals surface area contributed by atoms with E-state index in [1.807, 2.05) is 0 Å². The van der Waals surface area contributed by atoms with Gasteiger partial charge in [0.15, 0.2) is 0 Å². The van der Waals surface area contributed by atoms with Gasteiger partial charge in [-0.3, -0.25) is 0 Å². The fraction of sp³-hybridized carbons (Fsp3) is 0.0308. The van der Waals surface area contributed by atoms with E-state index in [-0.39, 0.29) is 0 Å². The number of rotatable bonds is 6. The van der Waals surface area contributed by atoms with Crippen LogP contribution in [0.15, 0.2) is 231 Å². The number of nitrogens with zero attached hydrogens (tertiary/aromatic N) is 3. The number of fused-ring (bicyclic) bond motifs is 12. The molecular weight excluding hydrogens is 823 g/mol. The van der Waals surface area contributed by atoms with Crippen molar-refractivity contribution in [3.8, 4) is 56.1 Å². The zero-order valence-corrected chi connectivity index (χ0v) is 37.3. The van der Waals surface area contributed by atoms with Gasteiger partial charge in [0.1, 0.15) is 0 Å². The minimum absolute atomic E-state index is 0.949. The zero-order valence-electron chi connectivity index (χ0n) is 37.3. The molecule has 0 spiro atoms. The molecule has 1 aliphatic rings. The first-order valence-electron chi connectivity index (χ1n) is 23.7. The Kier molecular flexibility index (Phi) is 8.72. The maximum Gasteiger partial charge on any atom is 0.0715 e. The molecule has 0 aliphatic heterocycles. The van der Waals surface area contributed by atoms with E-state index in [9.17, 15) is 0 Å². The van der Waals surface area contributed by atoms with Crippen LogP contribution in [0.4, 0.5) is 0 Å². The Bertz CT molecular complexity index is 4080. The molecule has 0 amide bonds. The standard InChI is InChI=1S/C65H43N3/c1-3-15-42(16-4-1)47-38-60(43-17-5-2-6-18-43)66-61(39-47)44-27-31-48(32-28-44)67-62-25-13-11-23-55(62)57-34-29-46(40-65(57)67)45-30-36-64-59(37-45)56-24-12-14-26-63(56)68(64)49-33-35-54-52-21-8-7-19-50(52)51-20-9-10-22-53(51)58(54)41-49/h1-13,15-25,27-41H,14,26H2. The second-order valence-corrected chi connectivity index (χ2v) is 18.2. The van der Waals surface area contributed by atoms with Gasteiger partial charge in [0.05, 0.1) is 27.9 Å². The predicted octanol–water partition coefficient (Wildman–Crippen LogP) is 17.2. The minimum Gasteiger partial charge on any atom is -0.313 e. The lowest BCUT2D eigenvalue weighted by Gasteiger charge is -2.16. The van der Waals surface area contributed by atoms with Crippen LogP contribution in [0.25, 0.3) is 127 Å². The molecule has 3 aromatic heterocycles. The Morgan fingerprint density at radius 3 is 1.54 bits per heavy atom. The molecule has 3 heterocycles. The van der Waals surface area contributed by atoms with Crippen molar-refractivity contribution in [3.05, 3.63) is 242 Å². The summed E-state index contributed by atoms with van der Waals surface area (Å²) in [4.78, 5) is 5.22. The summed E-state index contributed by atoms with van der Waals surface area (Å²) in [6.07, 6.45) is 6.73. The van der Waals surface area contributed by atoms with E-state index < -0.39 is 0 Å². The number of pyridine rings is 1. The van der Waals surface area contributed by atoms with Gasteiger partial charge in [0.2, 0.25) is 0 Å². The Morgan fingerprint density at radius 1 is 0.309 bits per heavy atom. The van der Waals surface area contributed by atoms with Crippen LogP contribution in [0.3, 0.4) is 0 Å². The Balaban J connectivity index is 0.884. The van der Waals surface area contributed by atoms with Gasteiger partial charge in [-0.25, -0.2) is 4.98 Å². The molecule has 0 bridgehead atoms. The molecule has 3 heteroatoms. The van der Waals surface area contributed by atoms with Crippen molar-refractivity contribution >= 4 is 71.1 Å². The van der Waals surface area contributed by atoms with Crippen LogP contribution >= 0.6 is 0 Å². The van der Waals surface area contributed by atoms with Crippen molar-refractivity contribution in [1.29, 1.82) is 0 Å². The molecule has 13 aromatic rings. The molecule has 0 saturated carbocycles. The highest BCUT2D eigenvalue weighted by Crippen LogP contribution is 2.42. The summed E-state index contributed by atoms with van der Waals surface area (Å²) in [5.41, 5.74) is 17.4. The summed E-state index contributed by atoms with van der Waals surface area (Å²) in [7, 11) is 0. The van der Waals surface area contributed by atoms with Gasteiger partial charge in [-0.1, -0.05) is 176 Å². The number of allylic oxidation sites excluding steroid dienone is 1. The molecule has 0 radical (unpaired) electrons. The van der Waals surface area contributed by atoms with Crippen LogP contribution < -0.4 is 0 Å². The molecule has 0 atom stereocenters. The molecule has 0 N–H and O–H groups in total. The summed E-state index contributed by atoms with van der Waals surface area (Å²) in [6.45, 7) is 0. The summed E-state index contributed by atoms with van der Waals surface area (Å²) < 4.78 is 4.95. The summed E-state index contributed by atoms with van der Waals surface area (Å²) in [6, 6.07) is 82.1. The first-order chi connectivity index (χ1) is 33.7. The lowest BCUT2D eigenvalue weighted by molar-refractivity contribution is 0.889. The zero-order chi connectivity index (χ0) is 44.7. The average molecular weight is 866 g/mol. The monoisotopic (exact) mass is 865 g/mol. The van der Waals surface area contributed by atoms with Crippen LogP contribution in [-0.2, 0) is 6.42 Å². The largest absolute Gasteiger partial charge is 0.313 e. The van der Waals surface area contributed by atoms with E-state index in [0.717, 1.165) is 46.6 Å². The molecular formula is C65H43N3. The second kappa shape index (κ2) is 15.4. The third-order valence-electron chi connectivity index (χ3n) is 14.4. The molecule has 3 nitrogen and oxygen atoms in total. The van der Waals surface area contributed by atoms with E-state index in [1.54, 1.807) is 0 Å². The van der Waals surface area contributed by atoms with Crippen LogP contribution in [0.1, 0.15) is 17.7 Å². The number of para-hydroxylation sites is 1. The maximum atomic E-state index is 5.22. The van der Waals surface area contributed by atoms with E-state index >= 15 is 0 Å². The fourth-order valence-electron chi connectivity index (χ4n) is 11.2. The van der Waals surface area contributed by atoms with Gasteiger partial charge in [0, 0.05) is 49.9 Å². The Morgan fingerprint density at radius 2 is 0.824 bits per heavy atom. The highest BCUT2D eigenvalue weighted by Gasteiger charge is 2.21. The molecule has 10 aromatic carbocycles. The number of hydrogen-bond donors (Lipinski definition) is 0. The minimum atomic E-state index is 0.949. The topological polar surface area (TPSA) is 22.8 Å². The van der Waals surface area contributed by atoms with Crippen molar-refractivity contribution in [1.82, 2.24) is 14.1 Å². The smallest absolute Gasteiger partial charge is 0.0715 e. The first-order valence-corrected chi connectivity index (χ1v) is 23.7. The molecule has 14 rings (SSSR count). The normalized spacial score (nSPS) is 12.5. The maximum absolute atomic E-state index is 5.22. The third kappa shape index (κ3) is 6.10. The van der Waals surface area contributed by atoms with E-state index in [2.05, 4.69) is 246 Å². The van der Waals surface area contributed by atoms with Gasteiger partial charge >= 0.3 is 0 Å². The van der Waals surface area contributed by atoms with Crippen LogP contribution in [0.2, 0.25) is 0 Å². The SMILES string of the molecule is C1=Cc2c(n(-c3ccc4c5ccccc5c5ccccc5c4c3)c3ccc(-c4ccc5c6ccccc6n(-c6ccc(-c7cc(-c8ccccc8)cc(-c8ccccc8)n7)cc6)c5c4)cc23)CC1. The van der Waals surface area contributed by atoms with E-state index in [4.69, 9.17) is 4.98 Å². The second-order valence-electron chi connectivity index (χ2n) is 18.2. The van der Waals surface area contributed by atoms with Crippen LogP contribution in [0.5, 0.6) is 0 Å². The van der Waals surface area contributed by atoms with Gasteiger partial charge in [-0.05, 0) is 128 Å². The lowest BCUT2D eigenvalue weighted by atomic mass is 9.94. The molecule has 1 aliphatic carbocycles. The molecule has 68 heavy (non-hydrogen) atoms. The van der Waals surface area contributed by atoms with Crippen molar-refractivity contribution in [2.45, 2.75) is 12.8 Å². The van der Waals surface area contributed by atoms with Crippen LogP contribution in [0, 0.1) is 0 Å². The fourth-order valence-corrected chi connectivity index (χ4v) is 11.2. The van der Waals surface area contributed by atoms with Crippen molar-refractivity contribution in [2.75, 3.05) is 0 Å². The molecule has 0 saturated heterocycles. The third-order valence-corrected chi connectivity index (χ3v) is 14.4. The first kappa shape index (κ1) is 38.5. The number of benzene rings is 10. The van der Waals surface area contributed by atoms with Gasteiger partial charge in [0.25, 0.3) is 0 Å². The van der Waals surface area contributed by atoms with E-state index in [0.29, 0.717) is 0 Å². The molecule has 318 valence electrons.